The average molecular weight is 371 g/mol. The van der Waals surface area contributed by atoms with Crippen LogP contribution in [0.1, 0.15) is 22.8 Å². The van der Waals surface area contributed by atoms with Crippen LogP contribution in [0.15, 0.2) is 53.6 Å². The van der Waals surface area contributed by atoms with Crippen LogP contribution >= 0.6 is 0 Å². The third-order valence-electron chi connectivity index (χ3n) is 3.26. The number of hydrogen-bond donors (Lipinski definition) is 1. The molecule has 0 atom stereocenters. The molecule has 0 aliphatic carbocycles. The summed E-state index contributed by atoms with van der Waals surface area (Å²) in [7, 11) is 0. The Labute approximate surface area is 154 Å². The summed E-state index contributed by atoms with van der Waals surface area (Å²) >= 11 is 0. The molecule has 0 aliphatic rings. The third kappa shape index (κ3) is 6.24. The van der Waals surface area contributed by atoms with Gasteiger partial charge in [0.25, 0.3) is 11.6 Å². The minimum atomic E-state index is -0.542. The smallest absolute Gasteiger partial charge is 0.344 e. The monoisotopic (exact) mass is 371 g/mol. The molecule has 0 saturated heterocycles. The molecule has 0 heterocycles. The molecule has 9 heteroatoms. The molecule has 1 N–H and O–H groups in total. The Morgan fingerprint density at radius 3 is 2.41 bits per heavy atom. The largest absolute Gasteiger partial charge is 0.482 e. The standard InChI is InChI=1S/C18H17N3O6/c1-2-26-17(22)12-27-16-9-3-13(4-10-16)11-19-20-18(23)14-5-7-15(8-6-14)21(24)25/h3-11H,2,12H2,1H3,(H,20,23). The number of nitrogens with zero attached hydrogens (tertiary/aromatic N) is 2. The highest BCUT2D eigenvalue weighted by molar-refractivity contribution is 5.95. The molecule has 2 aromatic carbocycles. The van der Waals surface area contributed by atoms with Gasteiger partial charge in [0.1, 0.15) is 5.75 Å². The summed E-state index contributed by atoms with van der Waals surface area (Å²) in [4.78, 5) is 33.2. The number of rotatable bonds is 8. The number of esters is 1. The maximum Gasteiger partial charge on any atom is 0.344 e. The number of nitro benzene ring substituents is 1. The number of amides is 1. The van der Waals surface area contributed by atoms with Gasteiger partial charge >= 0.3 is 5.97 Å². The van der Waals surface area contributed by atoms with E-state index in [0.717, 1.165) is 0 Å². The second kappa shape index (κ2) is 9.66. The summed E-state index contributed by atoms with van der Waals surface area (Å²) < 4.78 is 10.0. The van der Waals surface area contributed by atoms with Crippen molar-refractivity contribution in [3.05, 3.63) is 69.8 Å². The molecule has 1 amide bonds. The molecule has 0 bridgehead atoms. The number of benzene rings is 2. The second-order valence-corrected chi connectivity index (χ2v) is 5.17. The van der Waals surface area contributed by atoms with Crippen molar-refractivity contribution in [2.24, 2.45) is 5.10 Å². The maximum absolute atomic E-state index is 11.9. The minimum absolute atomic E-state index is 0.0969. The van der Waals surface area contributed by atoms with Gasteiger partial charge in [0.2, 0.25) is 0 Å². The summed E-state index contributed by atoms with van der Waals surface area (Å²) in [6.07, 6.45) is 1.43. The van der Waals surface area contributed by atoms with Crippen LogP contribution in [0.2, 0.25) is 0 Å². The summed E-state index contributed by atoms with van der Waals surface area (Å²) in [5.41, 5.74) is 3.18. The van der Waals surface area contributed by atoms with Crippen molar-refractivity contribution in [2.75, 3.05) is 13.2 Å². The van der Waals surface area contributed by atoms with E-state index in [2.05, 4.69) is 10.5 Å². The summed E-state index contributed by atoms with van der Waals surface area (Å²) in [5, 5.41) is 14.4. The lowest BCUT2D eigenvalue weighted by atomic mass is 10.2. The van der Waals surface area contributed by atoms with Crippen molar-refractivity contribution in [1.29, 1.82) is 0 Å². The van der Waals surface area contributed by atoms with Crippen LogP contribution in [0.4, 0.5) is 5.69 Å². The normalized spacial score (nSPS) is 10.4. The molecule has 0 fully saturated rings. The molecule has 0 radical (unpaired) electrons. The number of non-ortho nitro benzene ring substituents is 1. The number of hydrogen-bond acceptors (Lipinski definition) is 7. The molecule has 140 valence electrons. The first-order valence-corrected chi connectivity index (χ1v) is 7.96. The fourth-order valence-electron chi connectivity index (χ4n) is 1.96. The minimum Gasteiger partial charge on any atom is -0.482 e. The zero-order valence-corrected chi connectivity index (χ0v) is 14.5. The highest BCUT2D eigenvalue weighted by Crippen LogP contribution is 2.12. The lowest BCUT2D eigenvalue weighted by Gasteiger charge is -2.05. The van der Waals surface area contributed by atoms with Crippen LogP contribution in [0.5, 0.6) is 5.75 Å². The van der Waals surface area contributed by atoms with E-state index in [-0.39, 0.29) is 17.9 Å². The lowest BCUT2D eigenvalue weighted by Crippen LogP contribution is -2.17. The second-order valence-electron chi connectivity index (χ2n) is 5.17. The van der Waals surface area contributed by atoms with Gasteiger partial charge in [-0.2, -0.15) is 5.10 Å². The Kier molecular flexibility index (Phi) is 7.00. The van der Waals surface area contributed by atoms with Crippen molar-refractivity contribution in [2.45, 2.75) is 6.92 Å². The predicted octanol–water partition coefficient (Wildman–Crippen LogP) is 2.30. The quantitative estimate of drug-likeness (QED) is 0.329. The molecule has 0 spiro atoms. The third-order valence-corrected chi connectivity index (χ3v) is 3.26. The number of ether oxygens (including phenoxy) is 2. The Bertz CT molecular complexity index is 831. The van der Waals surface area contributed by atoms with Gasteiger partial charge in [0.05, 0.1) is 17.7 Å². The van der Waals surface area contributed by atoms with Crippen LogP contribution in [0.25, 0.3) is 0 Å². The molecular formula is C18H17N3O6. The van der Waals surface area contributed by atoms with Crippen LogP contribution in [-0.4, -0.2) is 36.2 Å². The van der Waals surface area contributed by atoms with Crippen molar-refractivity contribution >= 4 is 23.8 Å². The van der Waals surface area contributed by atoms with Gasteiger partial charge in [-0.05, 0) is 48.9 Å². The Balaban J connectivity index is 1.85. The number of nitrogens with one attached hydrogen (secondary N) is 1. The maximum atomic E-state index is 11.9. The molecule has 0 unspecified atom stereocenters. The fourth-order valence-corrected chi connectivity index (χ4v) is 1.96. The zero-order chi connectivity index (χ0) is 19.6. The first-order valence-electron chi connectivity index (χ1n) is 7.96. The van der Waals surface area contributed by atoms with Crippen LogP contribution in [-0.2, 0) is 9.53 Å². The summed E-state index contributed by atoms with van der Waals surface area (Å²) in [6.45, 7) is 1.84. The van der Waals surface area contributed by atoms with Gasteiger partial charge in [0.15, 0.2) is 6.61 Å². The Morgan fingerprint density at radius 1 is 1.15 bits per heavy atom. The van der Waals surface area contributed by atoms with Crippen molar-refractivity contribution in [3.8, 4) is 5.75 Å². The molecule has 0 aliphatic heterocycles. The van der Waals surface area contributed by atoms with Gasteiger partial charge in [-0.15, -0.1) is 0 Å². The number of hydrazone groups is 1. The summed E-state index contributed by atoms with van der Waals surface area (Å²) in [6, 6.07) is 11.9. The van der Waals surface area contributed by atoms with Crippen molar-refractivity contribution in [3.63, 3.8) is 0 Å². The van der Waals surface area contributed by atoms with E-state index >= 15 is 0 Å². The first kappa shape index (κ1) is 19.6. The van der Waals surface area contributed by atoms with E-state index in [0.29, 0.717) is 17.9 Å². The Morgan fingerprint density at radius 2 is 1.81 bits per heavy atom. The van der Waals surface area contributed by atoms with E-state index in [1.165, 1.54) is 30.5 Å². The highest BCUT2D eigenvalue weighted by Gasteiger charge is 2.08. The summed E-state index contributed by atoms with van der Waals surface area (Å²) in [5.74, 6) is -0.442. The molecule has 2 aromatic rings. The molecule has 27 heavy (non-hydrogen) atoms. The Hall–Kier alpha value is -3.75. The van der Waals surface area contributed by atoms with Gasteiger partial charge in [-0.3, -0.25) is 14.9 Å². The van der Waals surface area contributed by atoms with Gasteiger partial charge in [0, 0.05) is 17.7 Å². The van der Waals surface area contributed by atoms with Gasteiger partial charge < -0.3 is 9.47 Å². The number of carbonyl (C=O) groups is 2. The van der Waals surface area contributed by atoms with Crippen molar-refractivity contribution < 1.29 is 24.0 Å². The van der Waals surface area contributed by atoms with E-state index in [1.54, 1.807) is 31.2 Å². The molecular weight excluding hydrogens is 354 g/mol. The fraction of sp³-hybridized carbons (Fsp3) is 0.167. The van der Waals surface area contributed by atoms with Gasteiger partial charge in [-0.25, -0.2) is 10.2 Å². The van der Waals surface area contributed by atoms with Gasteiger partial charge in [-0.1, -0.05) is 0 Å². The van der Waals surface area contributed by atoms with E-state index in [4.69, 9.17) is 9.47 Å². The molecule has 9 nitrogen and oxygen atoms in total. The highest BCUT2D eigenvalue weighted by atomic mass is 16.6. The number of nitro groups is 1. The van der Waals surface area contributed by atoms with Crippen molar-refractivity contribution in [1.82, 2.24) is 5.43 Å². The average Bonchev–Trinajstić information content (AvgIpc) is 2.67. The predicted molar refractivity (Wildman–Crippen MR) is 96.7 cm³/mol. The first-order chi connectivity index (χ1) is 13.0. The molecule has 0 saturated carbocycles. The SMILES string of the molecule is CCOC(=O)COc1ccc(C=NNC(=O)c2ccc([N+](=O)[O-])cc2)cc1. The lowest BCUT2D eigenvalue weighted by molar-refractivity contribution is -0.384. The molecule has 2 rings (SSSR count). The molecule has 0 aromatic heterocycles. The van der Waals surface area contributed by atoms with Crippen LogP contribution < -0.4 is 10.2 Å². The van der Waals surface area contributed by atoms with Crippen LogP contribution in [0.3, 0.4) is 0 Å². The van der Waals surface area contributed by atoms with E-state index in [1.807, 2.05) is 0 Å². The van der Waals surface area contributed by atoms with E-state index < -0.39 is 16.8 Å². The van der Waals surface area contributed by atoms with E-state index in [9.17, 15) is 19.7 Å². The van der Waals surface area contributed by atoms with Crippen LogP contribution in [0, 0.1) is 10.1 Å². The number of carbonyl (C=O) groups excluding carboxylic acids is 2. The zero-order valence-electron chi connectivity index (χ0n) is 14.5. The topological polar surface area (TPSA) is 120 Å².